The average Bonchev–Trinajstić information content (AvgIpc) is 2.44. The molecule has 0 unspecified atom stereocenters. The molecule has 0 N–H and O–H groups in total. The van der Waals surface area contributed by atoms with Crippen molar-refractivity contribution in [2.24, 2.45) is 5.92 Å². The molecule has 0 spiro atoms. The van der Waals surface area contributed by atoms with Gasteiger partial charge in [0.2, 0.25) is 0 Å². The summed E-state index contributed by atoms with van der Waals surface area (Å²) in [5, 5.41) is 0. The van der Waals surface area contributed by atoms with Gasteiger partial charge in [-0.2, -0.15) is 0 Å². The minimum atomic E-state index is 0.759. The van der Waals surface area contributed by atoms with Gasteiger partial charge in [0.15, 0.2) is 0 Å². The number of rotatable bonds is 11. The molecule has 0 aromatic heterocycles. The molecule has 0 nitrogen and oxygen atoms in total. The summed E-state index contributed by atoms with van der Waals surface area (Å²) < 4.78 is 0. The molecule has 0 bridgehead atoms. The third kappa shape index (κ3) is 13.7. The first-order valence-corrected chi connectivity index (χ1v) is 8.86. The highest BCUT2D eigenvalue weighted by Crippen LogP contribution is 2.15. The van der Waals surface area contributed by atoms with E-state index in [2.05, 4.69) is 58.8 Å². The monoisotopic (exact) mass is 300 g/mol. The molecule has 0 heteroatoms. The minimum Gasteiger partial charge on any atom is -0.120 e. The lowest BCUT2D eigenvalue weighted by molar-refractivity contribution is 0.554. The average molecular weight is 301 g/mol. The Bertz CT molecular complexity index is 410. The lowest BCUT2D eigenvalue weighted by atomic mass is 10.0. The van der Waals surface area contributed by atoms with Crippen LogP contribution in [0.2, 0.25) is 0 Å². The number of allylic oxidation sites excluding steroid dienone is 6. The topological polar surface area (TPSA) is 0 Å². The highest BCUT2D eigenvalue weighted by atomic mass is 14.0. The fourth-order valence-corrected chi connectivity index (χ4v) is 2.42. The van der Waals surface area contributed by atoms with Crippen molar-refractivity contribution in [3.63, 3.8) is 0 Å². The zero-order chi connectivity index (χ0) is 16.8. The molecule has 22 heavy (non-hydrogen) atoms. The van der Waals surface area contributed by atoms with Crippen LogP contribution in [0.5, 0.6) is 0 Å². The summed E-state index contributed by atoms with van der Waals surface area (Å²) in [4.78, 5) is 0. The van der Waals surface area contributed by atoms with Crippen molar-refractivity contribution in [3.05, 3.63) is 34.9 Å². The van der Waals surface area contributed by atoms with Crippen molar-refractivity contribution in [2.45, 2.75) is 86.0 Å². The van der Waals surface area contributed by atoms with Gasteiger partial charge in [0.05, 0.1) is 0 Å². The lowest BCUT2D eigenvalue weighted by Crippen LogP contribution is -1.88. The van der Waals surface area contributed by atoms with Gasteiger partial charge >= 0.3 is 0 Å². The van der Waals surface area contributed by atoms with Crippen molar-refractivity contribution < 1.29 is 0 Å². The Balaban J connectivity index is 3.90. The van der Waals surface area contributed by atoms with Gasteiger partial charge in [0.1, 0.15) is 0 Å². The van der Waals surface area contributed by atoms with Crippen LogP contribution in [0.1, 0.15) is 86.0 Å². The van der Waals surface area contributed by atoms with E-state index in [1.807, 2.05) is 0 Å². The van der Waals surface area contributed by atoms with E-state index in [0.29, 0.717) is 0 Å². The zero-order valence-corrected chi connectivity index (χ0v) is 15.5. The molecule has 0 aliphatic carbocycles. The second kappa shape index (κ2) is 13.4. The van der Waals surface area contributed by atoms with Crippen molar-refractivity contribution in [1.29, 1.82) is 0 Å². The summed E-state index contributed by atoms with van der Waals surface area (Å²) in [7, 11) is 0. The normalized spacial score (nSPS) is 13.6. The van der Waals surface area contributed by atoms with Gasteiger partial charge in [-0.1, -0.05) is 55.2 Å². The third-order valence-electron chi connectivity index (χ3n) is 3.98. The molecule has 0 heterocycles. The Hall–Kier alpha value is -1.22. The standard InChI is InChI=1S/C22H36/c1-7-8-13-20(4)15-10-17-22(6)18-11-16-21(5)14-9-12-19(2)3/h1,13,16-17,19H,8-12,14-15,18H2,2-6H3/b20-13+,21-16+,22-17+. The van der Waals surface area contributed by atoms with Crippen LogP contribution >= 0.6 is 0 Å². The summed E-state index contributed by atoms with van der Waals surface area (Å²) in [6, 6.07) is 0. The molecule has 0 aromatic rings. The van der Waals surface area contributed by atoms with Gasteiger partial charge in [-0.25, -0.2) is 0 Å². The Morgan fingerprint density at radius 1 is 0.864 bits per heavy atom. The molecular weight excluding hydrogens is 264 g/mol. The first kappa shape index (κ1) is 20.8. The molecule has 124 valence electrons. The molecule has 0 fully saturated rings. The summed E-state index contributed by atoms with van der Waals surface area (Å²) >= 11 is 0. The van der Waals surface area contributed by atoms with E-state index in [9.17, 15) is 0 Å². The number of terminal acetylenes is 1. The van der Waals surface area contributed by atoms with Crippen molar-refractivity contribution in [3.8, 4) is 12.3 Å². The Morgan fingerprint density at radius 3 is 1.86 bits per heavy atom. The molecule has 0 aromatic carbocycles. The quantitative estimate of drug-likeness (QED) is 0.279. The van der Waals surface area contributed by atoms with Gasteiger partial charge < -0.3 is 0 Å². The van der Waals surface area contributed by atoms with E-state index < -0.39 is 0 Å². The predicted octanol–water partition coefficient (Wildman–Crippen LogP) is 7.24. The maximum atomic E-state index is 5.27. The highest BCUT2D eigenvalue weighted by Gasteiger charge is 1.96. The lowest BCUT2D eigenvalue weighted by Gasteiger charge is -2.05. The largest absolute Gasteiger partial charge is 0.120 e. The second-order valence-electron chi connectivity index (χ2n) is 6.92. The predicted molar refractivity (Wildman–Crippen MR) is 102 cm³/mol. The fourth-order valence-electron chi connectivity index (χ4n) is 2.42. The van der Waals surface area contributed by atoms with Crippen LogP contribution in [0, 0.1) is 18.3 Å². The summed E-state index contributed by atoms with van der Waals surface area (Å²) in [6.45, 7) is 11.3. The smallest absolute Gasteiger partial charge is 0.0269 e. The van der Waals surface area contributed by atoms with E-state index in [0.717, 1.165) is 25.2 Å². The fraction of sp³-hybridized carbons (Fsp3) is 0.636. The minimum absolute atomic E-state index is 0.759. The third-order valence-corrected chi connectivity index (χ3v) is 3.98. The summed E-state index contributed by atoms with van der Waals surface area (Å²) in [5.74, 6) is 3.49. The van der Waals surface area contributed by atoms with Crippen LogP contribution in [-0.2, 0) is 0 Å². The van der Waals surface area contributed by atoms with E-state index in [1.54, 1.807) is 5.57 Å². The maximum Gasteiger partial charge on any atom is 0.0269 e. The summed E-state index contributed by atoms with van der Waals surface area (Å²) in [6.07, 6.45) is 21.6. The van der Waals surface area contributed by atoms with Gasteiger partial charge in [-0.3, -0.25) is 0 Å². The molecule has 0 rings (SSSR count). The summed E-state index contributed by atoms with van der Waals surface area (Å²) in [5.41, 5.74) is 4.47. The van der Waals surface area contributed by atoms with Gasteiger partial charge in [0.25, 0.3) is 0 Å². The Kier molecular flexibility index (Phi) is 12.7. The molecular formula is C22H36. The first-order valence-electron chi connectivity index (χ1n) is 8.86. The molecule has 0 saturated carbocycles. The van der Waals surface area contributed by atoms with Gasteiger partial charge in [-0.15, -0.1) is 12.3 Å². The molecule has 0 aliphatic rings. The first-order chi connectivity index (χ1) is 10.5. The van der Waals surface area contributed by atoms with Crippen LogP contribution in [0.25, 0.3) is 0 Å². The molecule has 0 atom stereocenters. The van der Waals surface area contributed by atoms with E-state index in [1.165, 1.54) is 43.3 Å². The molecule has 0 saturated heterocycles. The van der Waals surface area contributed by atoms with Crippen LogP contribution in [0.15, 0.2) is 34.9 Å². The Labute approximate surface area is 139 Å². The van der Waals surface area contributed by atoms with E-state index >= 15 is 0 Å². The van der Waals surface area contributed by atoms with Crippen LogP contribution in [0.4, 0.5) is 0 Å². The van der Waals surface area contributed by atoms with Crippen molar-refractivity contribution in [2.75, 3.05) is 0 Å². The molecule has 0 aliphatic heterocycles. The Morgan fingerprint density at radius 2 is 1.36 bits per heavy atom. The van der Waals surface area contributed by atoms with E-state index in [-0.39, 0.29) is 0 Å². The number of hydrogen-bond acceptors (Lipinski definition) is 0. The van der Waals surface area contributed by atoms with Gasteiger partial charge in [-0.05, 0) is 65.2 Å². The zero-order valence-electron chi connectivity index (χ0n) is 15.5. The molecule has 0 radical (unpaired) electrons. The van der Waals surface area contributed by atoms with Crippen LogP contribution in [-0.4, -0.2) is 0 Å². The number of hydrogen-bond donors (Lipinski definition) is 0. The van der Waals surface area contributed by atoms with Crippen LogP contribution in [0.3, 0.4) is 0 Å². The van der Waals surface area contributed by atoms with Crippen LogP contribution < -0.4 is 0 Å². The van der Waals surface area contributed by atoms with E-state index in [4.69, 9.17) is 6.42 Å². The maximum absolute atomic E-state index is 5.27. The van der Waals surface area contributed by atoms with Gasteiger partial charge in [0, 0.05) is 6.42 Å². The SMILES string of the molecule is C#CC/C=C(\C)CC/C=C(\C)CC/C=C(\C)CCCC(C)C. The van der Waals surface area contributed by atoms with Crippen molar-refractivity contribution >= 4 is 0 Å². The highest BCUT2D eigenvalue weighted by molar-refractivity contribution is 5.08. The second-order valence-corrected chi connectivity index (χ2v) is 6.92. The molecule has 0 amide bonds. The van der Waals surface area contributed by atoms with Crippen molar-refractivity contribution in [1.82, 2.24) is 0 Å².